The highest BCUT2D eigenvalue weighted by Gasteiger charge is 2.20. The Morgan fingerprint density at radius 2 is 1.19 bits per heavy atom. The van der Waals surface area contributed by atoms with Gasteiger partial charge in [-0.1, -0.05) is 141 Å². The largest absolute Gasteiger partial charge is 0.756 e. The van der Waals surface area contributed by atoms with E-state index in [2.05, 4.69) is 38.2 Å². The standard InChI is InChI=1S/C39H76NO7P/c1-6-8-10-12-14-16-18-20-21-23-25-27-29-31-34-44-36-38(37-46-48(42,43)45-35-33-40(3,4)5)47-39(41)32-30-28-26-24-22-19-17-15-13-11-9-7-2/h10,12,16,18,38H,6-9,11,13-15,17,19-37H2,1-5H3/b12-10-,18-16-. The highest BCUT2D eigenvalue weighted by atomic mass is 31.2. The molecule has 0 rings (SSSR count). The molecule has 2 unspecified atom stereocenters. The summed E-state index contributed by atoms with van der Waals surface area (Å²) in [5.74, 6) is -0.339. The lowest BCUT2D eigenvalue weighted by atomic mass is 10.0. The number of hydrogen-bond donors (Lipinski definition) is 0. The molecule has 0 saturated carbocycles. The van der Waals surface area contributed by atoms with Gasteiger partial charge in [0.1, 0.15) is 19.3 Å². The molecule has 48 heavy (non-hydrogen) atoms. The Kier molecular flexibility index (Phi) is 32.4. The van der Waals surface area contributed by atoms with Crippen LogP contribution in [0.3, 0.4) is 0 Å². The van der Waals surface area contributed by atoms with Crippen LogP contribution < -0.4 is 4.89 Å². The highest BCUT2D eigenvalue weighted by molar-refractivity contribution is 7.45. The maximum atomic E-state index is 12.6. The normalized spacial score (nSPS) is 14.2. The molecule has 0 aliphatic rings. The van der Waals surface area contributed by atoms with Crippen LogP contribution in [0, 0.1) is 0 Å². The van der Waals surface area contributed by atoms with Crippen LogP contribution in [-0.2, 0) is 27.9 Å². The Balaban J connectivity index is 4.30. The lowest BCUT2D eigenvalue weighted by Gasteiger charge is -2.28. The number of quaternary nitrogens is 1. The van der Waals surface area contributed by atoms with Gasteiger partial charge in [-0.05, 0) is 38.5 Å². The molecule has 284 valence electrons. The number of rotatable bonds is 36. The number of carbonyl (C=O) groups excluding carboxylic acids is 1. The third-order valence-corrected chi connectivity index (χ3v) is 9.20. The molecule has 0 aromatic heterocycles. The average Bonchev–Trinajstić information content (AvgIpc) is 3.03. The van der Waals surface area contributed by atoms with Gasteiger partial charge in [0.15, 0.2) is 0 Å². The van der Waals surface area contributed by atoms with Crippen LogP contribution in [0.15, 0.2) is 24.3 Å². The minimum absolute atomic E-state index is 0.0254. The van der Waals surface area contributed by atoms with Crippen molar-refractivity contribution in [2.75, 3.05) is 54.1 Å². The average molecular weight is 702 g/mol. The highest BCUT2D eigenvalue weighted by Crippen LogP contribution is 2.38. The Morgan fingerprint density at radius 3 is 1.77 bits per heavy atom. The first kappa shape index (κ1) is 47.0. The number of allylic oxidation sites excluding steroid dienone is 4. The molecule has 0 aliphatic carbocycles. The summed E-state index contributed by atoms with van der Waals surface area (Å²) in [7, 11) is 1.35. The van der Waals surface area contributed by atoms with E-state index in [0.717, 1.165) is 51.4 Å². The number of likely N-dealkylation sites (N-methyl/N-ethyl adjacent to an activating group) is 1. The fourth-order valence-corrected chi connectivity index (χ4v) is 5.90. The summed E-state index contributed by atoms with van der Waals surface area (Å²) >= 11 is 0. The van der Waals surface area contributed by atoms with Crippen molar-refractivity contribution in [1.82, 2.24) is 0 Å². The van der Waals surface area contributed by atoms with Gasteiger partial charge in [0.05, 0.1) is 34.4 Å². The van der Waals surface area contributed by atoms with Gasteiger partial charge >= 0.3 is 5.97 Å². The lowest BCUT2D eigenvalue weighted by molar-refractivity contribution is -0.870. The molecule has 0 N–H and O–H groups in total. The zero-order valence-corrected chi connectivity index (χ0v) is 32.8. The molecule has 0 amide bonds. The van der Waals surface area contributed by atoms with Crippen LogP contribution in [0.5, 0.6) is 0 Å². The summed E-state index contributed by atoms with van der Waals surface area (Å²) in [5.41, 5.74) is 0. The quantitative estimate of drug-likeness (QED) is 0.0211. The number of unbranched alkanes of at least 4 members (excludes halogenated alkanes) is 18. The monoisotopic (exact) mass is 702 g/mol. The van der Waals surface area contributed by atoms with Crippen molar-refractivity contribution in [3.63, 3.8) is 0 Å². The van der Waals surface area contributed by atoms with Crippen molar-refractivity contribution in [1.29, 1.82) is 0 Å². The molecule has 0 spiro atoms. The maximum absolute atomic E-state index is 12.6. The molecule has 9 heteroatoms. The Bertz CT molecular complexity index is 828. The molecule has 8 nitrogen and oxygen atoms in total. The molecule has 0 fully saturated rings. The van der Waals surface area contributed by atoms with Gasteiger partial charge in [0.2, 0.25) is 0 Å². The molecule has 0 aromatic rings. The molecule has 0 radical (unpaired) electrons. The minimum Gasteiger partial charge on any atom is -0.756 e. The predicted molar refractivity (Wildman–Crippen MR) is 199 cm³/mol. The van der Waals surface area contributed by atoms with Crippen LogP contribution in [0.2, 0.25) is 0 Å². The summed E-state index contributed by atoms with van der Waals surface area (Å²) in [6, 6.07) is 0. The molecule has 0 aliphatic heterocycles. The van der Waals surface area contributed by atoms with Crippen LogP contribution in [0.1, 0.15) is 162 Å². The molecule has 2 atom stereocenters. The third-order valence-electron chi connectivity index (χ3n) is 8.24. The van der Waals surface area contributed by atoms with E-state index < -0.39 is 13.9 Å². The smallest absolute Gasteiger partial charge is 0.306 e. The van der Waals surface area contributed by atoms with Gasteiger partial charge < -0.3 is 27.9 Å². The Labute approximate surface area is 296 Å². The van der Waals surface area contributed by atoms with Gasteiger partial charge in [-0.25, -0.2) is 0 Å². The van der Waals surface area contributed by atoms with E-state index in [0.29, 0.717) is 24.1 Å². The van der Waals surface area contributed by atoms with Crippen LogP contribution in [-0.4, -0.2) is 70.7 Å². The third kappa shape index (κ3) is 36.3. The van der Waals surface area contributed by atoms with Gasteiger partial charge in [0, 0.05) is 13.0 Å². The van der Waals surface area contributed by atoms with E-state index in [4.69, 9.17) is 18.5 Å². The van der Waals surface area contributed by atoms with Gasteiger partial charge in [0.25, 0.3) is 7.82 Å². The van der Waals surface area contributed by atoms with E-state index in [1.807, 2.05) is 21.1 Å². The second-order valence-electron chi connectivity index (χ2n) is 14.3. The maximum Gasteiger partial charge on any atom is 0.306 e. The topological polar surface area (TPSA) is 94.1 Å². The van der Waals surface area contributed by atoms with Crippen LogP contribution in [0.4, 0.5) is 0 Å². The minimum atomic E-state index is -4.52. The molecule has 0 heterocycles. The van der Waals surface area contributed by atoms with Gasteiger partial charge in [-0.15, -0.1) is 0 Å². The zero-order chi connectivity index (χ0) is 35.6. The van der Waals surface area contributed by atoms with E-state index in [-0.39, 0.29) is 25.8 Å². The van der Waals surface area contributed by atoms with Crippen molar-refractivity contribution in [2.24, 2.45) is 0 Å². The van der Waals surface area contributed by atoms with E-state index in [1.54, 1.807) is 0 Å². The second kappa shape index (κ2) is 33.1. The SMILES string of the molecule is CCC/C=C\C/C=C\CCCCCCCCOCC(COP(=O)([O-])OCC[N+](C)(C)C)OC(=O)CCCCCCCCCCCCCC. The van der Waals surface area contributed by atoms with Crippen LogP contribution >= 0.6 is 7.82 Å². The van der Waals surface area contributed by atoms with Crippen molar-refractivity contribution in [2.45, 2.75) is 168 Å². The first-order valence-corrected chi connectivity index (χ1v) is 21.0. The number of ether oxygens (including phenoxy) is 2. The summed E-state index contributed by atoms with van der Waals surface area (Å²) in [4.78, 5) is 24.9. The molecular formula is C39H76NO7P. The van der Waals surface area contributed by atoms with Gasteiger partial charge in [-0.3, -0.25) is 9.36 Å². The number of phosphoric acid groups is 1. The second-order valence-corrected chi connectivity index (χ2v) is 15.7. The number of hydrogen-bond acceptors (Lipinski definition) is 7. The van der Waals surface area contributed by atoms with Crippen LogP contribution in [0.25, 0.3) is 0 Å². The van der Waals surface area contributed by atoms with Crippen molar-refractivity contribution >= 4 is 13.8 Å². The summed E-state index contributed by atoms with van der Waals surface area (Å²) in [6.07, 6.45) is 34.6. The van der Waals surface area contributed by atoms with Gasteiger partial charge in [-0.2, -0.15) is 0 Å². The number of carbonyl (C=O) groups is 1. The van der Waals surface area contributed by atoms with Crippen molar-refractivity contribution in [3.8, 4) is 0 Å². The molecule has 0 aromatic carbocycles. The fraction of sp³-hybridized carbons (Fsp3) is 0.872. The number of phosphoric ester groups is 1. The summed E-state index contributed by atoms with van der Waals surface area (Å²) in [6.45, 7) is 5.32. The number of nitrogens with zero attached hydrogens (tertiary/aromatic N) is 1. The van der Waals surface area contributed by atoms with E-state index in [9.17, 15) is 14.3 Å². The number of esters is 1. The molecule has 0 bridgehead atoms. The summed E-state index contributed by atoms with van der Waals surface area (Å²) in [5, 5.41) is 0. The van der Waals surface area contributed by atoms with E-state index >= 15 is 0 Å². The lowest BCUT2D eigenvalue weighted by Crippen LogP contribution is -2.37. The first-order valence-electron chi connectivity index (χ1n) is 19.6. The Hall–Kier alpha value is -1.02. The zero-order valence-electron chi connectivity index (χ0n) is 31.9. The first-order chi connectivity index (χ1) is 23.1. The molecule has 0 saturated heterocycles. The Morgan fingerprint density at radius 1 is 0.646 bits per heavy atom. The molecular weight excluding hydrogens is 625 g/mol. The predicted octanol–water partition coefficient (Wildman–Crippen LogP) is 10.2. The van der Waals surface area contributed by atoms with Crippen molar-refractivity contribution in [3.05, 3.63) is 24.3 Å². The van der Waals surface area contributed by atoms with E-state index in [1.165, 1.54) is 89.9 Å². The summed E-state index contributed by atoms with van der Waals surface area (Å²) < 4.78 is 34.4. The fourth-order valence-electron chi connectivity index (χ4n) is 5.17. The van der Waals surface area contributed by atoms with Crippen molar-refractivity contribution < 1.29 is 37.3 Å².